The highest BCUT2D eigenvalue weighted by atomic mass is 35.5. The van der Waals surface area contributed by atoms with Gasteiger partial charge < -0.3 is 15.5 Å². The summed E-state index contributed by atoms with van der Waals surface area (Å²) >= 11 is 0. The van der Waals surface area contributed by atoms with Gasteiger partial charge in [0.1, 0.15) is 0 Å². The first-order chi connectivity index (χ1) is 10.5. The number of carbonyl (C=O) groups excluding carboxylic acids is 2. The average molecular weight is 346 g/mol. The number of amides is 2. The number of carbonyl (C=O) groups is 2. The highest BCUT2D eigenvalue weighted by Crippen LogP contribution is 2.20. The Hall–Kier alpha value is -0.810. The molecule has 2 aliphatic heterocycles. The molecule has 2 heterocycles. The summed E-state index contributed by atoms with van der Waals surface area (Å²) < 4.78 is 0. The molecule has 2 N–H and O–H groups in total. The van der Waals surface area contributed by atoms with Crippen molar-refractivity contribution in [2.75, 3.05) is 19.6 Å². The van der Waals surface area contributed by atoms with Crippen molar-refractivity contribution in [3.05, 3.63) is 0 Å². The van der Waals surface area contributed by atoms with Crippen LogP contribution in [0, 0.1) is 11.8 Å². The SMILES string of the molecule is CCC(C)C(=O)N1CCCC(C(=O)NC2CCNC(C)C2)C1.Cl. The molecule has 2 amide bonds. The number of halogens is 1. The third-order valence-electron chi connectivity index (χ3n) is 5.11. The lowest BCUT2D eigenvalue weighted by molar-refractivity contribution is -0.139. The van der Waals surface area contributed by atoms with E-state index in [9.17, 15) is 9.59 Å². The van der Waals surface area contributed by atoms with Crippen LogP contribution in [-0.2, 0) is 9.59 Å². The molecule has 2 saturated heterocycles. The van der Waals surface area contributed by atoms with Gasteiger partial charge in [0.15, 0.2) is 0 Å². The Morgan fingerprint density at radius 2 is 2.09 bits per heavy atom. The standard InChI is InChI=1S/C17H31N3O2.ClH/c1-4-12(2)17(22)20-9-5-6-14(11-20)16(21)19-15-7-8-18-13(3)10-15;/h12-15,18H,4-11H2,1-3H3,(H,19,21);1H. The molecule has 6 heteroatoms. The summed E-state index contributed by atoms with van der Waals surface area (Å²) in [5.41, 5.74) is 0. The summed E-state index contributed by atoms with van der Waals surface area (Å²) in [5, 5.41) is 6.61. The largest absolute Gasteiger partial charge is 0.353 e. The molecule has 0 aromatic carbocycles. The summed E-state index contributed by atoms with van der Waals surface area (Å²) in [6.45, 7) is 8.53. The fraction of sp³-hybridized carbons (Fsp3) is 0.882. The van der Waals surface area contributed by atoms with Crippen LogP contribution in [0.5, 0.6) is 0 Å². The minimum atomic E-state index is -0.0352. The molecule has 4 unspecified atom stereocenters. The lowest BCUT2D eigenvalue weighted by Gasteiger charge is -2.35. The number of nitrogens with one attached hydrogen (secondary N) is 2. The zero-order valence-corrected chi connectivity index (χ0v) is 15.5. The van der Waals surface area contributed by atoms with Crippen LogP contribution < -0.4 is 10.6 Å². The fourth-order valence-electron chi connectivity index (χ4n) is 3.46. The molecule has 0 aromatic rings. The van der Waals surface area contributed by atoms with Crippen LogP contribution in [0.3, 0.4) is 0 Å². The van der Waals surface area contributed by atoms with Crippen molar-refractivity contribution in [3.8, 4) is 0 Å². The van der Waals surface area contributed by atoms with E-state index in [0.717, 1.165) is 45.2 Å². The maximum atomic E-state index is 12.5. The first kappa shape index (κ1) is 20.2. The zero-order valence-electron chi connectivity index (χ0n) is 14.6. The Morgan fingerprint density at radius 3 is 2.74 bits per heavy atom. The molecule has 0 spiro atoms. The van der Waals surface area contributed by atoms with Crippen molar-refractivity contribution in [2.24, 2.45) is 11.8 Å². The topological polar surface area (TPSA) is 61.4 Å². The number of hydrogen-bond acceptors (Lipinski definition) is 3. The van der Waals surface area contributed by atoms with E-state index in [1.807, 2.05) is 18.7 Å². The molecule has 4 atom stereocenters. The second-order valence-electron chi connectivity index (χ2n) is 7.02. The fourth-order valence-corrected chi connectivity index (χ4v) is 3.46. The maximum Gasteiger partial charge on any atom is 0.225 e. The second kappa shape index (κ2) is 9.48. The van der Waals surface area contributed by atoms with Crippen molar-refractivity contribution in [1.82, 2.24) is 15.5 Å². The molecule has 0 bridgehead atoms. The van der Waals surface area contributed by atoms with Gasteiger partial charge >= 0.3 is 0 Å². The average Bonchev–Trinajstić information content (AvgIpc) is 2.53. The molecule has 0 saturated carbocycles. The predicted octanol–water partition coefficient (Wildman–Crippen LogP) is 1.95. The smallest absolute Gasteiger partial charge is 0.225 e. The van der Waals surface area contributed by atoms with Gasteiger partial charge in [0.2, 0.25) is 11.8 Å². The van der Waals surface area contributed by atoms with E-state index in [-0.39, 0.29) is 42.1 Å². The molecular formula is C17H32ClN3O2. The van der Waals surface area contributed by atoms with Gasteiger partial charge in [-0.3, -0.25) is 9.59 Å². The van der Waals surface area contributed by atoms with Gasteiger partial charge in [0, 0.05) is 31.1 Å². The summed E-state index contributed by atoms with van der Waals surface area (Å²) in [5.74, 6) is 0.371. The summed E-state index contributed by atoms with van der Waals surface area (Å²) in [7, 11) is 0. The van der Waals surface area contributed by atoms with Gasteiger partial charge in [-0.05, 0) is 45.6 Å². The number of piperidine rings is 2. The van der Waals surface area contributed by atoms with Crippen molar-refractivity contribution in [1.29, 1.82) is 0 Å². The number of rotatable bonds is 4. The number of hydrogen-bond donors (Lipinski definition) is 2. The van der Waals surface area contributed by atoms with Gasteiger partial charge in [-0.15, -0.1) is 12.4 Å². The van der Waals surface area contributed by atoms with E-state index in [1.165, 1.54) is 0 Å². The molecule has 0 aromatic heterocycles. The van der Waals surface area contributed by atoms with Gasteiger partial charge in [-0.1, -0.05) is 13.8 Å². The molecular weight excluding hydrogens is 314 g/mol. The molecule has 23 heavy (non-hydrogen) atoms. The van der Waals surface area contributed by atoms with Crippen LogP contribution in [0.4, 0.5) is 0 Å². The highest BCUT2D eigenvalue weighted by Gasteiger charge is 2.31. The van der Waals surface area contributed by atoms with Crippen molar-refractivity contribution >= 4 is 24.2 Å². The molecule has 2 aliphatic rings. The van der Waals surface area contributed by atoms with Gasteiger partial charge in [-0.2, -0.15) is 0 Å². The zero-order chi connectivity index (χ0) is 16.1. The van der Waals surface area contributed by atoms with Crippen molar-refractivity contribution in [2.45, 2.75) is 65.0 Å². The molecule has 134 valence electrons. The summed E-state index contributed by atoms with van der Waals surface area (Å²) in [4.78, 5) is 26.7. The molecule has 5 nitrogen and oxygen atoms in total. The lowest BCUT2D eigenvalue weighted by atomic mass is 9.94. The minimum Gasteiger partial charge on any atom is -0.353 e. The molecule has 0 aliphatic carbocycles. The predicted molar refractivity (Wildman–Crippen MR) is 94.6 cm³/mol. The van der Waals surface area contributed by atoms with Crippen LogP contribution >= 0.6 is 12.4 Å². The summed E-state index contributed by atoms with van der Waals surface area (Å²) in [6, 6.07) is 0.748. The van der Waals surface area contributed by atoms with Gasteiger partial charge in [0.25, 0.3) is 0 Å². The van der Waals surface area contributed by atoms with Gasteiger partial charge in [-0.25, -0.2) is 0 Å². The first-order valence-corrected chi connectivity index (χ1v) is 8.83. The maximum absolute atomic E-state index is 12.5. The molecule has 2 rings (SSSR count). The number of likely N-dealkylation sites (tertiary alicyclic amines) is 1. The van der Waals surface area contributed by atoms with Gasteiger partial charge in [0.05, 0.1) is 5.92 Å². The van der Waals surface area contributed by atoms with Crippen LogP contribution in [0.2, 0.25) is 0 Å². The first-order valence-electron chi connectivity index (χ1n) is 8.83. The number of nitrogens with zero attached hydrogens (tertiary/aromatic N) is 1. The Balaban J connectivity index is 0.00000264. The van der Waals surface area contributed by atoms with Crippen molar-refractivity contribution in [3.63, 3.8) is 0 Å². The Morgan fingerprint density at radius 1 is 1.35 bits per heavy atom. The monoisotopic (exact) mass is 345 g/mol. The molecule has 2 fully saturated rings. The van der Waals surface area contributed by atoms with Crippen LogP contribution in [-0.4, -0.2) is 48.4 Å². The van der Waals surface area contributed by atoms with E-state index in [0.29, 0.717) is 12.6 Å². The Labute approximate surface area is 146 Å². The van der Waals surface area contributed by atoms with E-state index in [1.54, 1.807) is 0 Å². The second-order valence-corrected chi connectivity index (χ2v) is 7.02. The lowest BCUT2D eigenvalue weighted by Crippen LogP contribution is -2.51. The van der Waals surface area contributed by atoms with Crippen LogP contribution in [0.15, 0.2) is 0 Å². The normalized spacial score (nSPS) is 29.3. The Bertz CT molecular complexity index is 405. The van der Waals surface area contributed by atoms with E-state index in [4.69, 9.17) is 0 Å². The minimum absolute atomic E-state index is 0. The molecule has 0 radical (unpaired) electrons. The van der Waals surface area contributed by atoms with Crippen LogP contribution in [0.25, 0.3) is 0 Å². The third kappa shape index (κ3) is 5.64. The van der Waals surface area contributed by atoms with Crippen LogP contribution in [0.1, 0.15) is 52.9 Å². The van der Waals surface area contributed by atoms with E-state index in [2.05, 4.69) is 17.6 Å². The third-order valence-corrected chi connectivity index (χ3v) is 5.11. The highest BCUT2D eigenvalue weighted by molar-refractivity contribution is 5.85. The summed E-state index contributed by atoms with van der Waals surface area (Å²) in [6.07, 6.45) is 4.69. The Kier molecular flexibility index (Phi) is 8.34. The quantitative estimate of drug-likeness (QED) is 0.818. The van der Waals surface area contributed by atoms with E-state index >= 15 is 0 Å². The van der Waals surface area contributed by atoms with E-state index < -0.39 is 0 Å². The van der Waals surface area contributed by atoms with Crippen molar-refractivity contribution < 1.29 is 9.59 Å².